The van der Waals surface area contributed by atoms with E-state index in [1.165, 1.54) is 11.3 Å². The second-order valence-electron chi connectivity index (χ2n) is 5.87. The van der Waals surface area contributed by atoms with Crippen molar-refractivity contribution in [2.24, 2.45) is 5.92 Å². The van der Waals surface area contributed by atoms with E-state index in [-0.39, 0.29) is 0 Å². The van der Waals surface area contributed by atoms with Gasteiger partial charge in [-0.05, 0) is 24.8 Å². The fourth-order valence-electron chi connectivity index (χ4n) is 2.27. The number of sulfonamides is 1. The molecule has 0 unspecified atom stereocenters. The Hall–Kier alpha value is -0.430. The molecule has 1 aliphatic heterocycles. The molecule has 0 spiro atoms. The summed E-state index contributed by atoms with van der Waals surface area (Å²) in [6, 6.07) is 2.22. The Kier molecular flexibility index (Phi) is 5.23. The minimum absolute atomic E-state index is 0.403. The molecular formula is C14H24N2O2S2. The average molecular weight is 316 g/mol. The highest BCUT2D eigenvalue weighted by Crippen LogP contribution is 2.26. The van der Waals surface area contributed by atoms with Crippen LogP contribution in [0.4, 0.5) is 0 Å². The van der Waals surface area contributed by atoms with Gasteiger partial charge >= 0.3 is 0 Å². The van der Waals surface area contributed by atoms with E-state index in [0.29, 0.717) is 29.9 Å². The molecule has 4 nitrogen and oxygen atoms in total. The average Bonchev–Trinajstić information content (AvgIpc) is 2.86. The van der Waals surface area contributed by atoms with Crippen molar-refractivity contribution in [3.05, 3.63) is 16.3 Å². The molecule has 2 heterocycles. The highest BCUT2D eigenvalue weighted by molar-refractivity contribution is 7.89. The van der Waals surface area contributed by atoms with Gasteiger partial charge in [0.05, 0.1) is 4.90 Å². The quantitative estimate of drug-likeness (QED) is 0.908. The van der Waals surface area contributed by atoms with E-state index in [9.17, 15) is 8.42 Å². The molecule has 2 rings (SSSR count). The standard InChI is InChI=1S/C14H24N2O2S2/c1-11(2)15-9-13-8-14(10-19-13)20(17,18)16-6-4-12(3)5-7-16/h8,10-12,15H,4-7,9H2,1-3H3. The van der Waals surface area contributed by atoms with Crippen LogP contribution in [0.5, 0.6) is 0 Å². The lowest BCUT2D eigenvalue weighted by Gasteiger charge is -2.29. The molecule has 0 aromatic carbocycles. The zero-order valence-corrected chi connectivity index (χ0v) is 14.1. The molecule has 1 aliphatic rings. The zero-order chi connectivity index (χ0) is 14.8. The van der Waals surface area contributed by atoms with E-state index in [2.05, 4.69) is 26.1 Å². The lowest BCUT2D eigenvalue weighted by atomic mass is 10.0. The maximum Gasteiger partial charge on any atom is 0.243 e. The molecule has 0 aliphatic carbocycles. The van der Waals surface area contributed by atoms with Crippen LogP contribution in [-0.2, 0) is 16.6 Å². The molecule has 0 amide bonds. The third-order valence-corrected chi connectivity index (χ3v) is 6.66. The van der Waals surface area contributed by atoms with Crippen LogP contribution in [0.15, 0.2) is 16.3 Å². The molecule has 6 heteroatoms. The maximum atomic E-state index is 12.6. The predicted octanol–water partition coefficient (Wildman–Crippen LogP) is 2.67. The van der Waals surface area contributed by atoms with Crippen molar-refractivity contribution in [2.75, 3.05) is 13.1 Å². The molecular weight excluding hydrogens is 292 g/mol. The van der Waals surface area contributed by atoms with Gasteiger partial charge in [-0.3, -0.25) is 0 Å². The third kappa shape index (κ3) is 3.81. The zero-order valence-electron chi connectivity index (χ0n) is 12.4. The minimum atomic E-state index is -3.29. The first-order chi connectivity index (χ1) is 9.39. The maximum absolute atomic E-state index is 12.6. The predicted molar refractivity (Wildman–Crippen MR) is 83.5 cm³/mol. The lowest BCUT2D eigenvalue weighted by molar-refractivity contribution is 0.288. The Morgan fingerprint density at radius 2 is 2.05 bits per heavy atom. The Bertz CT molecular complexity index is 529. The highest BCUT2D eigenvalue weighted by atomic mass is 32.2. The van der Waals surface area contributed by atoms with E-state index in [1.54, 1.807) is 9.69 Å². The van der Waals surface area contributed by atoms with E-state index < -0.39 is 10.0 Å². The molecule has 1 aromatic rings. The largest absolute Gasteiger partial charge is 0.310 e. The molecule has 0 saturated carbocycles. The highest BCUT2D eigenvalue weighted by Gasteiger charge is 2.28. The smallest absolute Gasteiger partial charge is 0.243 e. The van der Waals surface area contributed by atoms with Crippen molar-refractivity contribution >= 4 is 21.4 Å². The molecule has 0 bridgehead atoms. The van der Waals surface area contributed by atoms with Crippen LogP contribution in [0.25, 0.3) is 0 Å². The van der Waals surface area contributed by atoms with E-state index in [1.807, 2.05) is 6.07 Å². The molecule has 20 heavy (non-hydrogen) atoms. The summed E-state index contributed by atoms with van der Waals surface area (Å²) in [6.07, 6.45) is 1.93. The Morgan fingerprint density at radius 1 is 1.40 bits per heavy atom. The SMILES string of the molecule is CC1CCN(S(=O)(=O)c2csc(CNC(C)C)c2)CC1. The van der Waals surface area contributed by atoms with Gasteiger partial charge in [-0.25, -0.2) is 8.42 Å². The first-order valence-corrected chi connectivity index (χ1v) is 9.52. The van der Waals surface area contributed by atoms with Gasteiger partial charge in [0.25, 0.3) is 0 Å². The van der Waals surface area contributed by atoms with E-state index >= 15 is 0 Å². The Labute approximate surface area is 126 Å². The summed E-state index contributed by atoms with van der Waals surface area (Å²) in [7, 11) is -3.29. The van der Waals surface area contributed by atoms with Crippen molar-refractivity contribution < 1.29 is 8.42 Å². The van der Waals surface area contributed by atoms with Crippen LogP contribution in [0.1, 0.15) is 38.5 Å². The molecule has 1 saturated heterocycles. The molecule has 1 N–H and O–H groups in total. The summed E-state index contributed by atoms with van der Waals surface area (Å²) in [5.41, 5.74) is 0. The number of rotatable bonds is 5. The van der Waals surface area contributed by atoms with Crippen LogP contribution in [-0.4, -0.2) is 31.9 Å². The van der Waals surface area contributed by atoms with Crippen LogP contribution < -0.4 is 5.32 Å². The summed E-state index contributed by atoms with van der Waals surface area (Å²) in [5.74, 6) is 0.634. The number of hydrogen-bond donors (Lipinski definition) is 1. The second kappa shape index (κ2) is 6.56. The second-order valence-corrected chi connectivity index (χ2v) is 8.80. The minimum Gasteiger partial charge on any atom is -0.310 e. The lowest BCUT2D eigenvalue weighted by Crippen LogP contribution is -2.37. The molecule has 1 aromatic heterocycles. The Balaban J connectivity index is 2.06. The summed E-state index contributed by atoms with van der Waals surface area (Å²) in [5, 5.41) is 5.08. The Morgan fingerprint density at radius 3 is 2.65 bits per heavy atom. The van der Waals surface area contributed by atoms with Crippen molar-refractivity contribution in [1.82, 2.24) is 9.62 Å². The fraction of sp³-hybridized carbons (Fsp3) is 0.714. The number of piperidine rings is 1. The van der Waals surface area contributed by atoms with Crippen molar-refractivity contribution in [1.29, 1.82) is 0 Å². The van der Waals surface area contributed by atoms with E-state index in [0.717, 1.165) is 24.3 Å². The van der Waals surface area contributed by atoms with Crippen LogP contribution in [0.2, 0.25) is 0 Å². The monoisotopic (exact) mass is 316 g/mol. The molecule has 1 fully saturated rings. The van der Waals surface area contributed by atoms with Crippen molar-refractivity contribution in [3.8, 4) is 0 Å². The molecule has 0 atom stereocenters. The summed E-state index contributed by atoms with van der Waals surface area (Å²) < 4.78 is 26.7. The number of nitrogens with zero attached hydrogens (tertiary/aromatic N) is 1. The molecule has 0 radical (unpaired) electrons. The van der Waals surface area contributed by atoms with Crippen LogP contribution in [0, 0.1) is 5.92 Å². The van der Waals surface area contributed by atoms with Gasteiger partial charge in [0.1, 0.15) is 0 Å². The normalized spacial score (nSPS) is 18.8. The van der Waals surface area contributed by atoms with Gasteiger partial charge in [-0.1, -0.05) is 20.8 Å². The summed E-state index contributed by atoms with van der Waals surface area (Å²) >= 11 is 1.51. The summed E-state index contributed by atoms with van der Waals surface area (Å²) in [4.78, 5) is 1.53. The van der Waals surface area contributed by atoms with Crippen molar-refractivity contribution in [2.45, 2.75) is 51.1 Å². The first-order valence-electron chi connectivity index (χ1n) is 7.20. The topological polar surface area (TPSA) is 49.4 Å². The number of hydrogen-bond acceptors (Lipinski definition) is 4. The number of thiophene rings is 1. The fourth-order valence-corrected chi connectivity index (χ4v) is 4.95. The van der Waals surface area contributed by atoms with Gasteiger partial charge in [0, 0.05) is 35.9 Å². The number of nitrogens with one attached hydrogen (secondary N) is 1. The summed E-state index contributed by atoms with van der Waals surface area (Å²) in [6.45, 7) is 8.39. The van der Waals surface area contributed by atoms with Gasteiger partial charge in [0.2, 0.25) is 10.0 Å². The van der Waals surface area contributed by atoms with Gasteiger partial charge < -0.3 is 5.32 Å². The first kappa shape index (κ1) is 15.9. The van der Waals surface area contributed by atoms with Gasteiger partial charge in [-0.2, -0.15) is 4.31 Å². The third-order valence-electron chi connectivity index (χ3n) is 3.69. The van der Waals surface area contributed by atoms with Crippen LogP contribution in [0.3, 0.4) is 0 Å². The van der Waals surface area contributed by atoms with Crippen LogP contribution >= 0.6 is 11.3 Å². The molecule has 114 valence electrons. The van der Waals surface area contributed by atoms with E-state index in [4.69, 9.17) is 0 Å². The van der Waals surface area contributed by atoms with Crippen molar-refractivity contribution in [3.63, 3.8) is 0 Å². The van der Waals surface area contributed by atoms with Gasteiger partial charge in [0.15, 0.2) is 0 Å². The van der Waals surface area contributed by atoms with Gasteiger partial charge in [-0.15, -0.1) is 11.3 Å².